The summed E-state index contributed by atoms with van der Waals surface area (Å²) in [5, 5.41) is 6.96. The van der Waals surface area contributed by atoms with Gasteiger partial charge in [0.1, 0.15) is 21.0 Å². The van der Waals surface area contributed by atoms with Crippen molar-refractivity contribution < 1.29 is 4.42 Å². The van der Waals surface area contributed by atoms with Crippen LogP contribution in [0.2, 0.25) is 0 Å². The smallest absolute Gasteiger partial charge is 0.145 e. The van der Waals surface area contributed by atoms with E-state index < -0.39 is 0 Å². The molecule has 4 heteroatoms. The van der Waals surface area contributed by atoms with Gasteiger partial charge in [-0.05, 0) is 23.6 Å². The summed E-state index contributed by atoms with van der Waals surface area (Å²) < 4.78 is 9.04. The van der Waals surface area contributed by atoms with Gasteiger partial charge < -0.3 is 4.42 Å². The SMILES string of the molecule is c1ccc2c(c1)ccc1c3cccc(-c4nc5sc6ccccc6c5s4)c3oc21. The number of fused-ring (bicyclic) bond motifs is 8. The topological polar surface area (TPSA) is 26.0 Å². The van der Waals surface area contributed by atoms with Gasteiger partial charge in [0.2, 0.25) is 0 Å². The van der Waals surface area contributed by atoms with Crippen LogP contribution in [0.5, 0.6) is 0 Å². The van der Waals surface area contributed by atoms with E-state index in [2.05, 4.69) is 78.9 Å². The average Bonchev–Trinajstić information content (AvgIpc) is 3.44. The Morgan fingerprint density at radius 1 is 0.621 bits per heavy atom. The van der Waals surface area contributed by atoms with E-state index in [0.29, 0.717) is 0 Å². The quantitative estimate of drug-likeness (QED) is 0.274. The molecule has 0 aliphatic carbocycles. The fraction of sp³-hybridized carbons (Fsp3) is 0. The molecular formula is C25H13NOS2. The molecular weight excluding hydrogens is 394 g/mol. The lowest BCUT2D eigenvalue weighted by molar-refractivity contribution is 0.673. The molecule has 0 amide bonds. The molecule has 0 atom stereocenters. The molecule has 29 heavy (non-hydrogen) atoms. The maximum atomic E-state index is 6.48. The number of para-hydroxylation sites is 1. The number of thiazole rings is 1. The second-order valence-corrected chi connectivity index (χ2v) is 9.23. The van der Waals surface area contributed by atoms with Crippen LogP contribution in [0.15, 0.2) is 83.3 Å². The first-order chi connectivity index (χ1) is 14.4. The summed E-state index contributed by atoms with van der Waals surface area (Å²) in [5.41, 5.74) is 2.94. The molecule has 2 nitrogen and oxygen atoms in total. The van der Waals surface area contributed by atoms with Crippen LogP contribution in [0.3, 0.4) is 0 Å². The Morgan fingerprint density at radius 2 is 1.41 bits per heavy atom. The summed E-state index contributed by atoms with van der Waals surface area (Å²) in [6, 6.07) is 27.6. The predicted molar refractivity (Wildman–Crippen MR) is 125 cm³/mol. The molecule has 0 N–H and O–H groups in total. The van der Waals surface area contributed by atoms with E-state index >= 15 is 0 Å². The highest BCUT2D eigenvalue weighted by atomic mass is 32.1. The summed E-state index contributed by atoms with van der Waals surface area (Å²) in [6.45, 7) is 0. The van der Waals surface area contributed by atoms with Crippen molar-refractivity contribution in [1.82, 2.24) is 4.98 Å². The molecule has 7 aromatic rings. The first kappa shape index (κ1) is 15.7. The summed E-state index contributed by atoms with van der Waals surface area (Å²) in [4.78, 5) is 6.08. The van der Waals surface area contributed by atoms with Gasteiger partial charge in [0.15, 0.2) is 0 Å². The molecule has 0 aliphatic rings. The minimum atomic E-state index is 0.921. The van der Waals surface area contributed by atoms with Crippen molar-refractivity contribution in [1.29, 1.82) is 0 Å². The largest absolute Gasteiger partial charge is 0.455 e. The molecule has 7 rings (SSSR count). The van der Waals surface area contributed by atoms with E-state index in [4.69, 9.17) is 9.40 Å². The predicted octanol–water partition coefficient (Wildman–Crippen LogP) is 8.23. The van der Waals surface area contributed by atoms with Crippen LogP contribution in [0.4, 0.5) is 0 Å². The minimum Gasteiger partial charge on any atom is -0.455 e. The third-order valence-corrected chi connectivity index (χ3v) is 7.87. The van der Waals surface area contributed by atoms with Crippen molar-refractivity contribution in [2.75, 3.05) is 0 Å². The monoisotopic (exact) mass is 407 g/mol. The van der Waals surface area contributed by atoms with Crippen molar-refractivity contribution in [3.63, 3.8) is 0 Å². The maximum absolute atomic E-state index is 6.48. The standard InChI is InChI=1S/C25H13NOS2/c1-2-7-15-14(6-1)12-13-17-16-9-5-10-19(22(16)27-21(15)17)24-26-25-23(29-24)18-8-3-4-11-20(18)28-25/h1-13H. The Balaban J connectivity index is 1.55. The van der Waals surface area contributed by atoms with Crippen LogP contribution in [-0.2, 0) is 0 Å². The highest BCUT2D eigenvalue weighted by Crippen LogP contribution is 2.44. The zero-order valence-corrected chi connectivity index (χ0v) is 16.8. The van der Waals surface area contributed by atoms with Gasteiger partial charge in [-0.2, -0.15) is 0 Å². The molecule has 3 heterocycles. The van der Waals surface area contributed by atoms with Crippen molar-refractivity contribution in [2.24, 2.45) is 0 Å². The van der Waals surface area contributed by atoms with Gasteiger partial charge in [-0.25, -0.2) is 4.98 Å². The van der Waals surface area contributed by atoms with Gasteiger partial charge in [-0.1, -0.05) is 60.7 Å². The molecule has 0 saturated heterocycles. The van der Waals surface area contributed by atoms with Crippen molar-refractivity contribution in [3.05, 3.63) is 78.9 Å². The average molecular weight is 408 g/mol. The Bertz CT molecular complexity index is 1720. The lowest BCUT2D eigenvalue weighted by Gasteiger charge is -1.97. The molecule has 0 bridgehead atoms. The van der Waals surface area contributed by atoms with Crippen LogP contribution >= 0.6 is 22.7 Å². The molecule has 0 spiro atoms. The highest BCUT2D eigenvalue weighted by molar-refractivity contribution is 7.33. The Morgan fingerprint density at radius 3 is 2.38 bits per heavy atom. The third kappa shape index (κ3) is 2.13. The number of hydrogen-bond donors (Lipinski definition) is 0. The fourth-order valence-electron chi connectivity index (χ4n) is 4.20. The highest BCUT2D eigenvalue weighted by Gasteiger charge is 2.18. The number of benzene rings is 4. The van der Waals surface area contributed by atoms with E-state index in [9.17, 15) is 0 Å². The number of hydrogen-bond acceptors (Lipinski definition) is 4. The van der Waals surface area contributed by atoms with Gasteiger partial charge in [-0.15, -0.1) is 22.7 Å². The number of rotatable bonds is 1. The Kier molecular flexibility index (Phi) is 3.06. The summed E-state index contributed by atoms with van der Waals surface area (Å²) in [5.74, 6) is 0. The van der Waals surface area contributed by atoms with Gasteiger partial charge in [-0.3, -0.25) is 0 Å². The normalized spacial score (nSPS) is 12.1. The molecule has 0 saturated carbocycles. The lowest BCUT2D eigenvalue weighted by Crippen LogP contribution is -1.76. The first-order valence-electron chi connectivity index (χ1n) is 9.48. The molecule has 0 radical (unpaired) electrons. The van der Waals surface area contributed by atoms with E-state index in [1.165, 1.54) is 20.2 Å². The summed E-state index contributed by atoms with van der Waals surface area (Å²) >= 11 is 3.51. The third-order valence-electron chi connectivity index (χ3n) is 5.55. The Labute approximate surface area is 173 Å². The van der Waals surface area contributed by atoms with Gasteiger partial charge in [0.25, 0.3) is 0 Å². The fourth-order valence-corrected chi connectivity index (χ4v) is 6.57. The van der Waals surface area contributed by atoms with Crippen LogP contribution < -0.4 is 0 Å². The number of aromatic nitrogens is 1. The van der Waals surface area contributed by atoms with E-state index in [-0.39, 0.29) is 0 Å². The number of nitrogens with zero attached hydrogens (tertiary/aromatic N) is 1. The molecule has 3 aromatic heterocycles. The second-order valence-electron chi connectivity index (χ2n) is 7.20. The zero-order valence-electron chi connectivity index (χ0n) is 15.2. The van der Waals surface area contributed by atoms with Gasteiger partial charge >= 0.3 is 0 Å². The first-order valence-corrected chi connectivity index (χ1v) is 11.1. The Hall–Kier alpha value is -3.21. The maximum Gasteiger partial charge on any atom is 0.145 e. The van der Waals surface area contributed by atoms with Crippen molar-refractivity contribution in [3.8, 4) is 10.6 Å². The lowest BCUT2D eigenvalue weighted by atomic mass is 10.1. The molecule has 4 aromatic carbocycles. The molecule has 0 aliphatic heterocycles. The summed E-state index contributed by atoms with van der Waals surface area (Å²) in [7, 11) is 0. The van der Waals surface area contributed by atoms with Crippen LogP contribution in [-0.4, -0.2) is 4.98 Å². The minimum absolute atomic E-state index is 0.921. The molecule has 136 valence electrons. The number of thiophene rings is 1. The van der Waals surface area contributed by atoms with E-state index in [1.807, 2.05) is 0 Å². The molecule has 0 unspecified atom stereocenters. The van der Waals surface area contributed by atoms with Crippen LogP contribution in [0.25, 0.3) is 62.9 Å². The van der Waals surface area contributed by atoms with Crippen molar-refractivity contribution >= 4 is 75.0 Å². The molecule has 0 fully saturated rings. The van der Waals surface area contributed by atoms with Crippen LogP contribution in [0.1, 0.15) is 0 Å². The van der Waals surface area contributed by atoms with Gasteiger partial charge in [0, 0.05) is 26.2 Å². The zero-order chi connectivity index (χ0) is 18.9. The number of furan rings is 1. The van der Waals surface area contributed by atoms with Crippen LogP contribution in [0, 0.1) is 0 Å². The summed E-state index contributed by atoms with van der Waals surface area (Å²) in [6.07, 6.45) is 0. The van der Waals surface area contributed by atoms with Gasteiger partial charge in [0.05, 0.1) is 10.3 Å². The van der Waals surface area contributed by atoms with E-state index in [0.717, 1.165) is 42.7 Å². The van der Waals surface area contributed by atoms with E-state index in [1.54, 1.807) is 22.7 Å². The van der Waals surface area contributed by atoms with Crippen molar-refractivity contribution in [2.45, 2.75) is 0 Å². The second kappa shape index (κ2) is 5.66.